The molecule has 84 valence electrons. The number of benzene rings is 1. The topological polar surface area (TPSA) is 32.3 Å². The highest BCUT2D eigenvalue weighted by Gasteiger charge is 2.23. The fourth-order valence-electron chi connectivity index (χ4n) is 1.70. The quantitative estimate of drug-likeness (QED) is 0.778. The number of rotatable bonds is 1. The molecule has 1 aromatic carbocycles. The van der Waals surface area contributed by atoms with Crippen LogP contribution in [0.25, 0.3) is 0 Å². The molecule has 0 radical (unpaired) electrons. The average molecular weight is 236 g/mol. The molecule has 5 heteroatoms. The zero-order valence-electron chi connectivity index (χ0n) is 7.91. The standard InChI is InChI=1S/C10H11F2NO.ClH/c11-8-2-1-6(3-9(8)12)10-4-7(14)5-13-10;/h1-3,7,10,13-14H,4-5H2;1H. The van der Waals surface area contributed by atoms with Gasteiger partial charge < -0.3 is 10.4 Å². The van der Waals surface area contributed by atoms with E-state index < -0.39 is 17.7 Å². The van der Waals surface area contributed by atoms with Crippen molar-refractivity contribution in [2.45, 2.75) is 18.6 Å². The maximum absolute atomic E-state index is 12.9. The van der Waals surface area contributed by atoms with Crippen molar-refractivity contribution in [3.05, 3.63) is 35.4 Å². The van der Waals surface area contributed by atoms with Gasteiger partial charge in [0.1, 0.15) is 0 Å². The van der Waals surface area contributed by atoms with E-state index in [-0.39, 0.29) is 18.4 Å². The molecule has 1 aromatic rings. The number of aliphatic hydroxyl groups excluding tert-OH is 1. The smallest absolute Gasteiger partial charge is 0.159 e. The van der Waals surface area contributed by atoms with E-state index in [9.17, 15) is 13.9 Å². The maximum Gasteiger partial charge on any atom is 0.159 e. The van der Waals surface area contributed by atoms with Gasteiger partial charge in [-0.25, -0.2) is 8.78 Å². The van der Waals surface area contributed by atoms with Gasteiger partial charge in [-0.05, 0) is 24.1 Å². The molecule has 2 unspecified atom stereocenters. The molecule has 15 heavy (non-hydrogen) atoms. The van der Waals surface area contributed by atoms with E-state index in [1.807, 2.05) is 0 Å². The zero-order chi connectivity index (χ0) is 10.1. The van der Waals surface area contributed by atoms with Crippen molar-refractivity contribution in [2.75, 3.05) is 6.54 Å². The van der Waals surface area contributed by atoms with Crippen molar-refractivity contribution < 1.29 is 13.9 Å². The van der Waals surface area contributed by atoms with Crippen LogP contribution >= 0.6 is 12.4 Å². The minimum absolute atomic E-state index is 0. The molecule has 1 aliphatic heterocycles. The minimum Gasteiger partial charge on any atom is -0.392 e. The lowest BCUT2D eigenvalue weighted by Gasteiger charge is -2.10. The van der Waals surface area contributed by atoms with Gasteiger partial charge in [-0.3, -0.25) is 0 Å². The van der Waals surface area contributed by atoms with E-state index in [2.05, 4.69) is 5.32 Å². The summed E-state index contributed by atoms with van der Waals surface area (Å²) in [5, 5.41) is 12.3. The molecule has 0 aliphatic carbocycles. The Balaban J connectivity index is 0.00000112. The summed E-state index contributed by atoms with van der Waals surface area (Å²) in [4.78, 5) is 0. The van der Waals surface area contributed by atoms with Gasteiger partial charge >= 0.3 is 0 Å². The zero-order valence-corrected chi connectivity index (χ0v) is 8.73. The molecule has 0 spiro atoms. The van der Waals surface area contributed by atoms with E-state index in [0.29, 0.717) is 18.5 Å². The van der Waals surface area contributed by atoms with Gasteiger partial charge in [-0.2, -0.15) is 0 Å². The second-order valence-electron chi connectivity index (χ2n) is 3.52. The minimum atomic E-state index is -0.842. The normalized spacial score (nSPS) is 25.0. The van der Waals surface area contributed by atoms with Crippen LogP contribution in [-0.4, -0.2) is 17.8 Å². The Kier molecular flexibility index (Phi) is 4.02. The van der Waals surface area contributed by atoms with Gasteiger partial charge in [0.25, 0.3) is 0 Å². The fourth-order valence-corrected chi connectivity index (χ4v) is 1.70. The third-order valence-electron chi connectivity index (χ3n) is 2.45. The first-order chi connectivity index (χ1) is 6.66. The molecule has 2 rings (SSSR count). The van der Waals surface area contributed by atoms with Crippen LogP contribution in [0.2, 0.25) is 0 Å². The fraction of sp³-hybridized carbons (Fsp3) is 0.400. The second-order valence-corrected chi connectivity index (χ2v) is 3.52. The number of nitrogens with one attached hydrogen (secondary N) is 1. The molecule has 1 heterocycles. The van der Waals surface area contributed by atoms with E-state index in [1.165, 1.54) is 12.1 Å². The monoisotopic (exact) mass is 235 g/mol. The molecule has 0 aromatic heterocycles. The van der Waals surface area contributed by atoms with Gasteiger partial charge in [0, 0.05) is 12.6 Å². The highest BCUT2D eigenvalue weighted by molar-refractivity contribution is 5.85. The summed E-state index contributed by atoms with van der Waals surface area (Å²) in [5.41, 5.74) is 0.681. The van der Waals surface area contributed by atoms with Crippen LogP contribution in [0.1, 0.15) is 18.0 Å². The molecular weight excluding hydrogens is 224 g/mol. The molecule has 2 atom stereocenters. The number of hydrogen-bond acceptors (Lipinski definition) is 2. The first-order valence-corrected chi connectivity index (χ1v) is 4.53. The van der Waals surface area contributed by atoms with Crippen LogP contribution in [0, 0.1) is 11.6 Å². The van der Waals surface area contributed by atoms with Crippen molar-refractivity contribution in [2.24, 2.45) is 0 Å². The summed E-state index contributed by atoms with van der Waals surface area (Å²) in [6, 6.07) is 3.75. The molecule has 0 bridgehead atoms. The van der Waals surface area contributed by atoms with Gasteiger partial charge in [0.15, 0.2) is 11.6 Å². The van der Waals surface area contributed by atoms with Crippen LogP contribution in [0.15, 0.2) is 18.2 Å². The van der Waals surface area contributed by atoms with E-state index in [1.54, 1.807) is 0 Å². The summed E-state index contributed by atoms with van der Waals surface area (Å²) in [7, 11) is 0. The Labute approximate surface area is 92.7 Å². The van der Waals surface area contributed by atoms with Crippen molar-refractivity contribution in [1.82, 2.24) is 5.32 Å². The van der Waals surface area contributed by atoms with Crippen LogP contribution in [0.4, 0.5) is 8.78 Å². The summed E-state index contributed by atoms with van der Waals surface area (Å²) in [5.74, 6) is -1.68. The maximum atomic E-state index is 12.9. The Hall–Kier alpha value is -0.710. The highest BCUT2D eigenvalue weighted by atomic mass is 35.5. The third-order valence-corrected chi connectivity index (χ3v) is 2.45. The van der Waals surface area contributed by atoms with Gasteiger partial charge in [-0.1, -0.05) is 6.07 Å². The van der Waals surface area contributed by atoms with Crippen molar-refractivity contribution in [3.63, 3.8) is 0 Å². The molecule has 2 nitrogen and oxygen atoms in total. The molecule has 1 aliphatic rings. The lowest BCUT2D eigenvalue weighted by Crippen LogP contribution is -2.15. The highest BCUT2D eigenvalue weighted by Crippen LogP contribution is 2.24. The predicted molar refractivity (Wildman–Crippen MR) is 55.0 cm³/mol. The van der Waals surface area contributed by atoms with Gasteiger partial charge in [0.2, 0.25) is 0 Å². The summed E-state index contributed by atoms with van der Waals surface area (Å²) >= 11 is 0. The molecule has 2 N–H and O–H groups in total. The summed E-state index contributed by atoms with van der Waals surface area (Å²) in [6.45, 7) is 0.504. The van der Waals surface area contributed by atoms with Crippen molar-refractivity contribution >= 4 is 12.4 Å². The largest absolute Gasteiger partial charge is 0.392 e. The van der Waals surface area contributed by atoms with E-state index in [4.69, 9.17) is 0 Å². The first-order valence-electron chi connectivity index (χ1n) is 4.53. The van der Waals surface area contributed by atoms with Crippen LogP contribution in [0.3, 0.4) is 0 Å². The summed E-state index contributed by atoms with van der Waals surface area (Å²) in [6.07, 6.45) is 0.151. The van der Waals surface area contributed by atoms with Crippen molar-refractivity contribution in [1.29, 1.82) is 0 Å². The average Bonchev–Trinajstić information content (AvgIpc) is 2.57. The van der Waals surface area contributed by atoms with E-state index in [0.717, 1.165) is 6.07 Å². The third kappa shape index (κ3) is 2.65. The SMILES string of the molecule is Cl.OC1CNC(c2ccc(F)c(F)c2)C1. The lowest BCUT2D eigenvalue weighted by molar-refractivity contribution is 0.193. The lowest BCUT2D eigenvalue weighted by atomic mass is 10.0. The predicted octanol–water partition coefficient (Wildman–Crippen LogP) is 1.78. The second kappa shape index (κ2) is 4.88. The molecule has 1 fully saturated rings. The Morgan fingerprint density at radius 2 is 2.00 bits per heavy atom. The van der Waals surface area contributed by atoms with Crippen LogP contribution < -0.4 is 5.32 Å². The van der Waals surface area contributed by atoms with Gasteiger partial charge in [0.05, 0.1) is 6.10 Å². The molecule has 0 amide bonds. The summed E-state index contributed by atoms with van der Waals surface area (Å²) < 4.78 is 25.5. The van der Waals surface area contributed by atoms with E-state index >= 15 is 0 Å². The van der Waals surface area contributed by atoms with Crippen LogP contribution in [0.5, 0.6) is 0 Å². The first kappa shape index (κ1) is 12.4. The number of aliphatic hydroxyl groups is 1. The number of hydrogen-bond donors (Lipinski definition) is 2. The Morgan fingerprint density at radius 3 is 2.53 bits per heavy atom. The molecular formula is C10H12ClF2NO. The molecule has 1 saturated heterocycles. The van der Waals surface area contributed by atoms with Crippen LogP contribution in [-0.2, 0) is 0 Å². The number of halogens is 3. The number of β-amino-alcohol motifs (C(OH)–C–C–N with tert-alkyl or cyclic N) is 1. The van der Waals surface area contributed by atoms with Gasteiger partial charge in [-0.15, -0.1) is 12.4 Å². The Morgan fingerprint density at radius 1 is 1.27 bits per heavy atom. The van der Waals surface area contributed by atoms with Crippen molar-refractivity contribution in [3.8, 4) is 0 Å². The molecule has 0 saturated carbocycles. The Bertz CT molecular complexity index is 348.